The van der Waals surface area contributed by atoms with E-state index in [1.54, 1.807) is 19.2 Å². The number of benzene rings is 1. The molecule has 0 atom stereocenters. The summed E-state index contributed by atoms with van der Waals surface area (Å²) in [6, 6.07) is 3.53. The Hall–Kier alpha value is -1.79. The topological polar surface area (TPSA) is 83.4 Å². The van der Waals surface area contributed by atoms with Crippen molar-refractivity contribution in [2.45, 2.75) is 32.9 Å². The Labute approximate surface area is 128 Å². The number of rotatable bonds is 7. The first kappa shape index (κ1) is 15.6. The molecule has 0 bridgehead atoms. The molecule has 0 saturated carbocycles. The van der Waals surface area contributed by atoms with Crippen molar-refractivity contribution in [3.8, 4) is 11.5 Å². The lowest BCUT2D eigenvalue weighted by Gasteiger charge is -2.12. The van der Waals surface area contributed by atoms with Crippen LogP contribution in [0.3, 0.4) is 0 Å². The molecule has 0 aliphatic carbocycles. The van der Waals surface area contributed by atoms with Crippen molar-refractivity contribution in [1.29, 1.82) is 0 Å². The summed E-state index contributed by atoms with van der Waals surface area (Å²) in [6.07, 6.45) is 1.73. The Morgan fingerprint density at radius 3 is 2.86 bits per heavy atom. The maximum atomic E-state index is 6.19. The van der Waals surface area contributed by atoms with E-state index in [2.05, 4.69) is 17.1 Å². The smallest absolute Gasteiger partial charge is 0.264 e. The van der Waals surface area contributed by atoms with Gasteiger partial charge in [-0.25, -0.2) is 0 Å². The SMILES string of the molecule is CCCc1noc(COc2c(Cl)cc(CN)cc2OC)n1. The highest BCUT2D eigenvalue weighted by Gasteiger charge is 2.14. The van der Waals surface area contributed by atoms with E-state index in [1.165, 1.54) is 0 Å². The van der Waals surface area contributed by atoms with E-state index in [9.17, 15) is 0 Å². The van der Waals surface area contributed by atoms with Gasteiger partial charge in [0.1, 0.15) is 0 Å². The highest BCUT2D eigenvalue weighted by molar-refractivity contribution is 6.32. The summed E-state index contributed by atoms with van der Waals surface area (Å²) in [4.78, 5) is 4.23. The second-order valence-electron chi connectivity index (χ2n) is 4.46. The number of nitrogens with two attached hydrogens (primary N) is 1. The first-order valence-corrected chi connectivity index (χ1v) is 7.06. The molecule has 0 fully saturated rings. The molecule has 2 N–H and O–H groups in total. The molecule has 0 unspecified atom stereocenters. The van der Waals surface area contributed by atoms with E-state index in [-0.39, 0.29) is 6.61 Å². The fourth-order valence-corrected chi connectivity index (χ4v) is 2.13. The van der Waals surface area contributed by atoms with Gasteiger partial charge in [-0.3, -0.25) is 0 Å². The second kappa shape index (κ2) is 7.28. The molecule has 1 heterocycles. The summed E-state index contributed by atoms with van der Waals surface area (Å²) in [5.41, 5.74) is 6.47. The minimum atomic E-state index is 0.134. The van der Waals surface area contributed by atoms with Gasteiger partial charge in [0.25, 0.3) is 5.89 Å². The van der Waals surface area contributed by atoms with Gasteiger partial charge in [-0.1, -0.05) is 23.7 Å². The Morgan fingerprint density at radius 1 is 1.38 bits per heavy atom. The van der Waals surface area contributed by atoms with Crippen LogP contribution in [0.25, 0.3) is 0 Å². The number of nitrogens with zero attached hydrogens (tertiary/aromatic N) is 2. The highest BCUT2D eigenvalue weighted by atomic mass is 35.5. The molecular weight excluding hydrogens is 294 g/mol. The number of halogens is 1. The van der Waals surface area contributed by atoms with Crippen LogP contribution < -0.4 is 15.2 Å². The molecule has 0 aliphatic heterocycles. The molecule has 2 aromatic rings. The van der Waals surface area contributed by atoms with E-state index in [0.29, 0.717) is 34.8 Å². The third-order valence-electron chi connectivity index (χ3n) is 2.85. The van der Waals surface area contributed by atoms with Crippen molar-refractivity contribution in [1.82, 2.24) is 10.1 Å². The summed E-state index contributed by atoms with van der Waals surface area (Å²) in [7, 11) is 1.55. The van der Waals surface area contributed by atoms with Crippen LogP contribution in [0.4, 0.5) is 0 Å². The van der Waals surface area contributed by atoms with Crippen LogP contribution in [0.1, 0.15) is 30.6 Å². The van der Waals surface area contributed by atoms with Gasteiger partial charge in [0, 0.05) is 13.0 Å². The van der Waals surface area contributed by atoms with Crippen LogP contribution in [0.15, 0.2) is 16.7 Å². The lowest BCUT2D eigenvalue weighted by molar-refractivity contribution is 0.233. The van der Waals surface area contributed by atoms with E-state index >= 15 is 0 Å². The minimum absolute atomic E-state index is 0.134. The van der Waals surface area contributed by atoms with E-state index in [0.717, 1.165) is 18.4 Å². The Bertz CT molecular complexity index is 601. The number of hydrogen-bond acceptors (Lipinski definition) is 6. The predicted octanol–water partition coefficient (Wildman–Crippen LogP) is 2.72. The molecule has 0 radical (unpaired) electrons. The molecule has 1 aromatic heterocycles. The van der Waals surface area contributed by atoms with Gasteiger partial charge < -0.3 is 19.7 Å². The molecule has 7 heteroatoms. The standard InChI is InChI=1S/C14H18ClN3O3/c1-3-4-12-17-13(21-18-12)8-20-14-10(15)5-9(7-16)6-11(14)19-2/h5-6H,3-4,7-8,16H2,1-2H3. The van der Waals surface area contributed by atoms with Gasteiger partial charge >= 0.3 is 0 Å². The molecule has 6 nitrogen and oxygen atoms in total. The molecule has 0 spiro atoms. The fourth-order valence-electron chi connectivity index (χ4n) is 1.84. The predicted molar refractivity (Wildman–Crippen MR) is 78.5 cm³/mol. The number of hydrogen-bond donors (Lipinski definition) is 1. The van der Waals surface area contributed by atoms with Crippen molar-refractivity contribution in [2.24, 2.45) is 5.73 Å². The summed E-state index contributed by atoms with van der Waals surface area (Å²) < 4.78 is 16.0. The first-order chi connectivity index (χ1) is 10.2. The van der Waals surface area contributed by atoms with Crippen LogP contribution in [-0.4, -0.2) is 17.3 Å². The van der Waals surface area contributed by atoms with Crippen molar-refractivity contribution >= 4 is 11.6 Å². The summed E-state index contributed by atoms with van der Waals surface area (Å²) in [6.45, 7) is 2.56. The Kier molecular flexibility index (Phi) is 5.41. The van der Waals surface area contributed by atoms with Crippen LogP contribution in [0, 0.1) is 0 Å². The van der Waals surface area contributed by atoms with Gasteiger partial charge in [-0.05, 0) is 24.1 Å². The third kappa shape index (κ3) is 3.86. The van der Waals surface area contributed by atoms with E-state index < -0.39 is 0 Å². The zero-order valence-electron chi connectivity index (χ0n) is 12.1. The van der Waals surface area contributed by atoms with E-state index in [1.807, 2.05) is 0 Å². The maximum Gasteiger partial charge on any atom is 0.264 e. The Morgan fingerprint density at radius 2 is 2.19 bits per heavy atom. The fraction of sp³-hybridized carbons (Fsp3) is 0.429. The van der Waals surface area contributed by atoms with Crippen molar-refractivity contribution < 1.29 is 14.0 Å². The van der Waals surface area contributed by atoms with Gasteiger partial charge in [0.15, 0.2) is 23.9 Å². The van der Waals surface area contributed by atoms with Crippen molar-refractivity contribution in [3.63, 3.8) is 0 Å². The number of ether oxygens (including phenoxy) is 2. The van der Waals surface area contributed by atoms with E-state index in [4.69, 9.17) is 31.3 Å². The maximum absolute atomic E-state index is 6.19. The molecular formula is C14H18ClN3O3. The number of methoxy groups -OCH3 is 1. The molecule has 0 saturated heterocycles. The van der Waals surface area contributed by atoms with Gasteiger partial charge in [-0.2, -0.15) is 4.98 Å². The van der Waals surface area contributed by atoms with Crippen molar-refractivity contribution in [3.05, 3.63) is 34.4 Å². The number of aryl methyl sites for hydroxylation is 1. The monoisotopic (exact) mass is 311 g/mol. The summed E-state index contributed by atoms with van der Waals surface area (Å²) in [5.74, 6) is 2.04. The normalized spacial score (nSPS) is 10.7. The zero-order valence-corrected chi connectivity index (χ0v) is 12.8. The summed E-state index contributed by atoms with van der Waals surface area (Å²) >= 11 is 6.19. The van der Waals surface area contributed by atoms with Crippen LogP contribution in [0.2, 0.25) is 5.02 Å². The summed E-state index contributed by atoms with van der Waals surface area (Å²) in [5, 5.41) is 4.30. The Balaban J connectivity index is 2.11. The lowest BCUT2D eigenvalue weighted by Crippen LogP contribution is -2.02. The van der Waals surface area contributed by atoms with Gasteiger partial charge in [0.05, 0.1) is 12.1 Å². The molecule has 0 amide bonds. The highest BCUT2D eigenvalue weighted by Crippen LogP contribution is 2.36. The number of aromatic nitrogens is 2. The zero-order chi connectivity index (χ0) is 15.2. The van der Waals surface area contributed by atoms with Gasteiger partial charge in [0.2, 0.25) is 0 Å². The second-order valence-corrected chi connectivity index (χ2v) is 4.86. The van der Waals surface area contributed by atoms with Crippen LogP contribution in [-0.2, 0) is 19.6 Å². The average molecular weight is 312 g/mol. The van der Waals surface area contributed by atoms with Crippen LogP contribution in [0.5, 0.6) is 11.5 Å². The molecule has 0 aliphatic rings. The molecule has 114 valence electrons. The quantitative estimate of drug-likeness (QED) is 0.846. The first-order valence-electron chi connectivity index (χ1n) is 6.68. The van der Waals surface area contributed by atoms with Crippen molar-refractivity contribution in [2.75, 3.05) is 7.11 Å². The largest absolute Gasteiger partial charge is 0.493 e. The minimum Gasteiger partial charge on any atom is -0.493 e. The third-order valence-corrected chi connectivity index (χ3v) is 3.13. The van der Waals surface area contributed by atoms with Gasteiger partial charge in [-0.15, -0.1) is 0 Å². The average Bonchev–Trinajstić information content (AvgIpc) is 2.93. The molecule has 2 rings (SSSR count). The molecule has 21 heavy (non-hydrogen) atoms. The van der Waals surface area contributed by atoms with Crippen LogP contribution >= 0.6 is 11.6 Å². The lowest BCUT2D eigenvalue weighted by atomic mass is 10.2. The molecule has 1 aromatic carbocycles.